The van der Waals surface area contributed by atoms with Crippen molar-refractivity contribution in [2.24, 2.45) is 5.92 Å². The Bertz CT molecular complexity index is 348. The van der Waals surface area contributed by atoms with Crippen molar-refractivity contribution in [2.45, 2.75) is 36.8 Å². The van der Waals surface area contributed by atoms with E-state index < -0.39 is 10.7 Å². The quantitative estimate of drug-likeness (QED) is 0.795. The molecule has 0 saturated carbocycles. The number of hydrogen-bond donors (Lipinski definition) is 1. The molecule has 0 aliphatic carbocycles. The zero-order chi connectivity index (χ0) is 12.2. The summed E-state index contributed by atoms with van der Waals surface area (Å²) in [5.41, 5.74) is 0. The Balaban J connectivity index is 2.83. The lowest BCUT2D eigenvalue weighted by Crippen LogP contribution is -2.32. The van der Waals surface area contributed by atoms with E-state index in [0.29, 0.717) is 12.3 Å². The van der Waals surface area contributed by atoms with Gasteiger partial charge in [-0.2, -0.15) is 0 Å². The summed E-state index contributed by atoms with van der Waals surface area (Å²) in [4.78, 5) is 12.3. The Hall–Kier alpha value is -0.960. The summed E-state index contributed by atoms with van der Waals surface area (Å²) in [6.45, 7) is 5.90. The zero-order valence-electron chi connectivity index (χ0n) is 9.93. The molecule has 0 aliphatic rings. The Morgan fingerprint density at radius 1 is 1.38 bits per heavy atom. The SMILES string of the molecule is CC(C)CC(C)(Sc1ccccc1)C(=O)O. The summed E-state index contributed by atoms with van der Waals surface area (Å²) in [5.74, 6) is -0.368. The fourth-order valence-electron chi connectivity index (χ4n) is 1.70. The minimum absolute atomic E-state index is 0.373. The van der Waals surface area contributed by atoms with Crippen LogP contribution in [-0.4, -0.2) is 15.8 Å². The highest BCUT2D eigenvalue weighted by Gasteiger charge is 2.34. The summed E-state index contributed by atoms with van der Waals surface area (Å²) >= 11 is 1.43. The second kappa shape index (κ2) is 5.39. The molecule has 0 saturated heterocycles. The lowest BCUT2D eigenvalue weighted by atomic mass is 9.98. The molecular formula is C13H18O2S. The number of aliphatic carboxylic acids is 1. The van der Waals surface area contributed by atoms with Gasteiger partial charge >= 0.3 is 5.97 Å². The van der Waals surface area contributed by atoms with Crippen molar-refractivity contribution in [1.29, 1.82) is 0 Å². The third kappa shape index (κ3) is 3.56. The van der Waals surface area contributed by atoms with E-state index in [2.05, 4.69) is 0 Å². The monoisotopic (exact) mass is 238 g/mol. The lowest BCUT2D eigenvalue weighted by molar-refractivity contribution is -0.139. The van der Waals surface area contributed by atoms with Crippen molar-refractivity contribution < 1.29 is 9.90 Å². The molecule has 1 atom stereocenters. The van der Waals surface area contributed by atoms with E-state index in [-0.39, 0.29) is 0 Å². The van der Waals surface area contributed by atoms with Gasteiger partial charge in [-0.3, -0.25) is 4.79 Å². The van der Waals surface area contributed by atoms with Gasteiger partial charge in [-0.15, -0.1) is 11.8 Å². The largest absolute Gasteiger partial charge is 0.480 e. The fraction of sp³-hybridized carbons (Fsp3) is 0.462. The number of hydrogen-bond acceptors (Lipinski definition) is 2. The number of thioether (sulfide) groups is 1. The van der Waals surface area contributed by atoms with Gasteiger partial charge in [-0.25, -0.2) is 0 Å². The van der Waals surface area contributed by atoms with E-state index in [0.717, 1.165) is 4.90 Å². The zero-order valence-corrected chi connectivity index (χ0v) is 10.8. The minimum atomic E-state index is -0.741. The Labute approximate surface area is 101 Å². The summed E-state index contributed by atoms with van der Waals surface area (Å²) < 4.78 is -0.741. The predicted octanol–water partition coefficient (Wildman–Crippen LogP) is 3.67. The van der Waals surface area contributed by atoms with E-state index in [1.807, 2.05) is 44.2 Å². The molecule has 2 nitrogen and oxygen atoms in total. The molecule has 1 rings (SSSR count). The molecule has 0 spiro atoms. The van der Waals surface area contributed by atoms with Crippen molar-refractivity contribution in [3.63, 3.8) is 0 Å². The van der Waals surface area contributed by atoms with Crippen molar-refractivity contribution in [1.82, 2.24) is 0 Å². The van der Waals surface area contributed by atoms with Gasteiger partial charge < -0.3 is 5.11 Å². The van der Waals surface area contributed by atoms with Crippen LogP contribution in [-0.2, 0) is 4.79 Å². The van der Waals surface area contributed by atoms with Crippen molar-refractivity contribution >= 4 is 17.7 Å². The van der Waals surface area contributed by atoms with Crippen LogP contribution < -0.4 is 0 Å². The molecule has 1 unspecified atom stereocenters. The number of rotatable bonds is 5. The topological polar surface area (TPSA) is 37.3 Å². The van der Waals surface area contributed by atoms with Crippen LogP contribution in [0.5, 0.6) is 0 Å². The van der Waals surface area contributed by atoms with E-state index in [1.54, 1.807) is 6.92 Å². The van der Waals surface area contributed by atoms with Crippen molar-refractivity contribution in [3.05, 3.63) is 30.3 Å². The number of carbonyl (C=O) groups is 1. The van der Waals surface area contributed by atoms with Crippen LogP contribution in [0.3, 0.4) is 0 Å². The first-order chi connectivity index (χ1) is 7.44. The van der Waals surface area contributed by atoms with Crippen molar-refractivity contribution in [2.75, 3.05) is 0 Å². The molecule has 1 N–H and O–H groups in total. The van der Waals surface area contributed by atoms with Crippen LogP contribution in [0.25, 0.3) is 0 Å². The Morgan fingerprint density at radius 2 is 1.94 bits per heavy atom. The van der Waals surface area contributed by atoms with E-state index in [4.69, 9.17) is 0 Å². The lowest BCUT2D eigenvalue weighted by Gasteiger charge is -2.26. The summed E-state index contributed by atoms with van der Waals surface area (Å²) in [5, 5.41) is 9.32. The standard InChI is InChI=1S/C13H18O2S/c1-10(2)9-13(3,12(14)15)16-11-7-5-4-6-8-11/h4-8,10H,9H2,1-3H3,(H,14,15). The van der Waals surface area contributed by atoms with Crippen LogP contribution in [0.15, 0.2) is 35.2 Å². The van der Waals surface area contributed by atoms with Crippen LogP contribution in [0, 0.1) is 5.92 Å². The van der Waals surface area contributed by atoms with Crippen LogP contribution in [0.2, 0.25) is 0 Å². The average molecular weight is 238 g/mol. The molecule has 0 radical (unpaired) electrons. The summed E-state index contributed by atoms with van der Waals surface area (Å²) in [6, 6.07) is 9.70. The molecular weight excluding hydrogens is 220 g/mol. The highest BCUT2D eigenvalue weighted by Crippen LogP contribution is 2.37. The van der Waals surface area contributed by atoms with Crippen LogP contribution in [0.4, 0.5) is 0 Å². The predicted molar refractivity (Wildman–Crippen MR) is 67.8 cm³/mol. The third-order valence-electron chi connectivity index (χ3n) is 2.34. The number of carboxylic acids is 1. The highest BCUT2D eigenvalue weighted by molar-refractivity contribution is 8.01. The maximum absolute atomic E-state index is 11.3. The molecule has 16 heavy (non-hydrogen) atoms. The van der Waals surface area contributed by atoms with Crippen LogP contribution in [0.1, 0.15) is 27.2 Å². The second-order valence-electron chi connectivity index (χ2n) is 4.55. The molecule has 1 aromatic carbocycles. The smallest absolute Gasteiger partial charge is 0.319 e. The Kier molecular flexibility index (Phi) is 4.42. The van der Waals surface area contributed by atoms with Crippen LogP contribution >= 0.6 is 11.8 Å². The molecule has 0 heterocycles. The van der Waals surface area contributed by atoms with Gasteiger partial charge in [0.15, 0.2) is 0 Å². The molecule has 1 aromatic rings. The molecule has 0 amide bonds. The molecule has 0 aromatic heterocycles. The first kappa shape index (κ1) is 13.1. The van der Waals surface area contributed by atoms with Gasteiger partial charge in [0.05, 0.1) is 0 Å². The van der Waals surface area contributed by atoms with Gasteiger partial charge in [0.1, 0.15) is 4.75 Å². The first-order valence-electron chi connectivity index (χ1n) is 5.41. The van der Waals surface area contributed by atoms with Gasteiger partial charge in [-0.1, -0.05) is 32.0 Å². The third-order valence-corrected chi connectivity index (χ3v) is 3.64. The summed E-state index contributed by atoms with van der Waals surface area (Å²) in [6.07, 6.45) is 0.669. The van der Waals surface area contributed by atoms with Crippen molar-refractivity contribution in [3.8, 4) is 0 Å². The second-order valence-corrected chi connectivity index (χ2v) is 6.13. The van der Waals surface area contributed by atoms with E-state index >= 15 is 0 Å². The van der Waals surface area contributed by atoms with Gasteiger partial charge in [0.2, 0.25) is 0 Å². The van der Waals surface area contributed by atoms with E-state index in [9.17, 15) is 9.90 Å². The van der Waals surface area contributed by atoms with Gasteiger partial charge in [0.25, 0.3) is 0 Å². The number of benzene rings is 1. The minimum Gasteiger partial charge on any atom is -0.480 e. The normalized spacial score (nSPS) is 14.8. The average Bonchev–Trinajstić information content (AvgIpc) is 2.17. The molecule has 88 valence electrons. The molecule has 0 fully saturated rings. The molecule has 3 heteroatoms. The first-order valence-corrected chi connectivity index (χ1v) is 6.23. The molecule has 0 aliphatic heterocycles. The fourth-order valence-corrected chi connectivity index (χ4v) is 3.02. The maximum atomic E-state index is 11.3. The highest BCUT2D eigenvalue weighted by atomic mass is 32.2. The summed E-state index contributed by atoms with van der Waals surface area (Å²) in [7, 11) is 0. The Morgan fingerprint density at radius 3 is 2.38 bits per heavy atom. The van der Waals surface area contributed by atoms with E-state index in [1.165, 1.54) is 11.8 Å². The van der Waals surface area contributed by atoms with Gasteiger partial charge in [-0.05, 0) is 31.4 Å². The number of carboxylic acid groups (broad SMARTS) is 1. The van der Waals surface area contributed by atoms with Gasteiger partial charge in [0, 0.05) is 4.90 Å². The maximum Gasteiger partial charge on any atom is 0.319 e. The molecule has 0 bridgehead atoms.